The summed E-state index contributed by atoms with van der Waals surface area (Å²) in [5, 5.41) is 1.46. The molecule has 2 aromatic rings. The van der Waals surface area contributed by atoms with Gasteiger partial charge in [-0.2, -0.15) is 0 Å². The number of rotatable bonds is 1. The van der Waals surface area contributed by atoms with Gasteiger partial charge in [-0.25, -0.2) is 0 Å². The molecule has 0 fully saturated rings. The zero-order valence-electron chi connectivity index (χ0n) is 17.8. The minimum absolute atomic E-state index is 0.0401. The van der Waals surface area contributed by atoms with E-state index in [2.05, 4.69) is 83.5 Å². The number of hydrogen-bond acceptors (Lipinski definition) is 0. The van der Waals surface area contributed by atoms with Gasteiger partial charge in [-0.15, -0.1) is 18.2 Å². The Morgan fingerprint density at radius 2 is 1.89 bits per heavy atom. The molecule has 1 aromatic carbocycles. The second-order valence-corrected chi connectivity index (χ2v) is 10.9. The smallest absolute Gasteiger partial charge is 0.0470 e. The normalized spacial score (nSPS) is 32.2. The summed E-state index contributed by atoms with van der Waals surface area (Å²) in [6.45, 7) is 18.3. The molecular formula is C26H30ClN. The fourth-order valence-corrected chi connectivity index (χ4v) is 6.34. The van der Waals surface area contributed by atoms with E-state index < -0.39 is 0 Å². The van der Waals surface area contributed by atoms with Crippen molar-refractivity contribution in [2.24, 2.45) is 11.3 Å². The van der Waals surface area contributed by atoms with Crippen LogP contribution in [0.2, 0.25) is 0 Å². The van der Waals surface area contributed by atoms with Crippen LogP contribution in [0.3, 0.4) is 0 Å². The molecule has 0 unspecified atom stereocenters. The molecule has 0 radical (unpaired) electrons. The Kier molecular flexibility index (Phi) is 3.43. The van der Waals surface area contributed by atoms with Crippen molar-refractivity contribution in [3.05, 3.63) is 64.9 Å². The van der Waals surface area contributed by atoms with Crippen molar-refractivity contribution in [2.75, 3.05) is 0 Å². The molecular weight excluding hydrogens is 362 g/mol. The maximum absolute atomic E-state index is 7.10. The fraction of sp³-hybridized carbons (Fsp3) is 0.462. The summed E-state index contributed by atoms with van der Waals surface area (Å²) in [6.07, 6.45) is 5.49. The van der Waals surface area contributed by atoms with Crippen LogP contribution in [-0.4, -0.2) is 10.4 Å². The van der Waals surface area contributed by atoms with Gasteiger partial charge in [0.25, 0.3) is 0 Å². The highest BCUT2D eigenvalue weighted by atomic mass is 35.5. The summed E-state index contributed by atoms with van der Waals surface area (Å²) in [5.74, 6) is 0.406. The molecule has 1 aromatic heterocycles. The zero-order chi connectivity index (χ0) is 20.2. The lowest BCUT2D eigenvalue weighted by Crippen LogP contribution is -2.43. The summed E-state index contributed by atoms with van der Waals surface area (Å²) in [5.41, 5.74) is 9.54. The highest BCUT2D eigenvalue weighted by Gasteiger charge is 2.52. The second kappa shape index (κ2) is 5.25. The van der Waals surface area contributed by atoms with E-state index in [0.717, 1.165) is 6.42 Å². The monoisotopic (exact) mass is 391 g/mol. The van der Waals surface area contributed by atoms with Crippen LogP contribution in [0.5, 0.6) is 0 Å². The van der Waals surface area contributed by atoms with Gasteiger partial charge in [0.2, 0.25) is 0 Å². The van der Waals surface area contributed by atoms with E-state index in [1.54, 1.807) is 0 Å². The van der Waals surface area contributed by atoms with Crippen molar-refractivity contribution in [1.82, 2.24) is 4.98 Å². The molecule has 1 nitrogen and oxygen atoms in total. The van der Waals surface area contributed by atoms with Crippen LogP contribution in [0.1, 0.15) is 64.8 Å². The molecule has 5 rings (SSSR count). The average Bonchev–Trinajstić information content (AvgIpc) is 3.00. The molecule has 0 spiro atoms. The molecule has 2 heteroatoms. The lowest BCUT2D eigenvalue weighted by Gasteiger charge is -2.50. The van der Waals surface area contributed by atoms with Crippen LogP contribution < -0.4 is 0 Å². The van der Waals surface area contributed by atoms with E-state index in [0.29, 0.717) is 5.92 Å². The van der Waals surface area contributed by atoms with Crippen LogP contribution in [0, 0.1) is 11.3 Å². The number of aromatic amines is 1. The van der Waals surface area contributed by atoms with Gasteiger partial charge in [-0.3, -0.25) is 0 Å². The fourth-order valence-electron chi connectivity index (χ4n) is 5.96. The first-order chi connectivity index (χ1) is 13.0. The number of allylic oxidation sites excluding steroid dienone is 5. The van der Waals surface area contributed by atoms with Gasteiger partial charge < -0.3 is 4.98 Å². The van der Waals surface area contributed by atoms with Crippen LogP contribution >= 0.6 is 11.6 Å². The summed E-state index contributed by atoms with van der Waals surface area (Å²) in [4.78, 5) is 3.84. The molecule has 0 aliphatic heterocycles. The maximum Gasteiger partial charge on any atom is 0.0470 e. The van der Waals surface area contributed by atoms with Gasteiger partial charge >= 0.3 is 0 Å². The van der Waals surface area contributed by atoms with Crippen LogP contribution in [0.25, 0.3) is 16.5 Å². The topological polar surface area (TPSA) is 15.8 Å². The molecule has 0 saturated heterocycles. The number of hydrogen-bond donors (Lipinski definition) is 1. The van der Waals surface area contributed by atoms with E-state index in [4.69, 9.17) is 11.6 Å². The van der Waals surface area contributed by atoms with E-state index in [1.165, 1.54) is 44.4 Å². The van der Waals surface area contributed by atoms with Gasteiger partial charge in [0.15, 0.2) is 0 Å². The number of nitrogens with one attached hydrogen (secondary N) is 1. The first kappa shape index (κ1) is 18.3. The number of aromatic nitrogens is 1. The lowest BCUT2D eigenvalue weighted by molar-refractivity contribution is 0.308. The molecule has 146 valence electrons. The van der Waals surface area contributed by atoms with E-state index >= 15 is 0 Å². The Morgan fingerprint density at radius 3 is 2.57 bits per heavy atom. The average molecular weight is 392 g/mol. The summed E-state index contributed by atoms with van der Waals surface area (Å²) < 4.78 is 0. The first-order valence-electron chi connectivity index (χ1n) is 10.4. The van der Waals surface area contributed by atoms with Crippen LogP contribution in [-0.2, 0) is 10.8 Å². The summed E-state index contributed by atoms with van der Waals surface area (Å²) >= 11 is 7.10. The Bertz CT molecular complexity index is 1110. The predicted molar refractivity (Wildman–Crippen MR) is 121 cm³/mol. The molecule has 3 aliphatic rings. The minimum atomic E-state index is -0.224. The van der Waals surface area contributed by atoms with Gasteiger partial charge in [-0.1, -0.05) is 64.5 Å². The Balaban J connectivity index is 2.06. The molecule has 28 heavy (non-hydrogen) atoms. The van der Waals surface area contributed by atoms with E-state index in [-0.39, 0.29) is 21.6 Å². The van der Waals surface area contributed by atoms with E-state index in [1.807, 2.05) is 0 Å². The van der Waals surface area contributed by atoms with Crippen molar-refractivity contribution in [1.29, 1.82) is 0 Å². The van der Waals surface area contributed by atoms with Crippen molar-refractivity contribution in [2.45, 2.75) is 64.2 Å². The maximum atomic E-state index is 7.10. The number of halogens is 1. The zero-order valence-corrected chi connectivity index (χ0v) is 18.6. The first-order valence-corrected chi connectivity index (χ1v) is 10.9. The SMILES string of the molecule is C=C[C@]1(C)C2=C3c4c([nH]c5cccc(c45)C(C)(C)[C@H]3C[C@H]1Cl)C(C)(C)C(C)=C2. The third kappa shape index (κ3) is 1.90. The summed E-state index contributed by atoms with van der Waals surface area (Å²) in [7, 11) is 0. The largest absolute Gasteiger partial charge is 0.357 e. The van der Waals surface area contributed by atoms with Gasteiger partial charge in [-0.05, 0) is 47.5 Å². The third-order valence-corrected chi connectivity index (χ3v) is 9.00. The van der Waals surface area contributed by atoms with Gasteiger partial charge in [0.1, 0.15) is 0 Å². The molecule has 3 aliphatic carbocycles. The van der Waals surface area contributed by atoms with Crippen molar-refractivity contribution in [3.8, 4) is 0 Å². The third-order valence-electron chi connectivity index (χ3n) is 8.37. The molecule has 1 heterocycles. The van der Waals surface area contributed by atoms with Gasteiger partial charge in [0.05, 0.1) is 0 Å². The van der Waals surface area contributed by atoms with Crippen molar-refractivity contribution in [3.63, 3.8) is 0 Å². The molecule has 1 N–H and O–H groups in total. The number of alkyl halides is 1. The predicted octanol–water partition coefficient (Wildman–Crippen LogP) is 7.27. The number of benzene rings is 1. The Morgan fingerprint density at radius 1 is 1.18 bits per heavy atom. The van der Waals surface area contributed by atoms with Crippen molar-refractivity contribution >= 4 is 28.1 Å². The molecule has 3 atom stereocenters. The summed E-state index contributed by atoms with van der Waals surface area (Å²) in [6, 6.07) is 6.77. The Labute approximate surface area is 173 Å². The van der Waals surface area contributed by atoms with Crippen LogP contribution in [0.15, 0.2) is 48.1 Å². The van der Waals surface area contributed by atoms with Crippen LogP contribution in [0.4, 0.5) is 0 Å². The highest BCUT2D eigenvalue weighted by molar-refractivity contribution is 6.22. The molecule has 0 bridgehead atoms. The standard InChI is InChI=1S/C26H30ClN/c1-8-26(7)17-12-14(2)24(3,4)23-22-20(17)16(13-19(26)27)25(5,6)15-10-9-11-18(28-23)21(15)22/h8-12,16,19,28H,1,13H2,2-7H3/t16-,19+,26+/m0/s1. The highest BCUT2D eigenvalue weighted by Crippen LogP contribution is 2.62. The van der Waals surface area contributed by atoms with E-state index in [9.17, 15) is 0 Å². The Hall–Kier alpha value is -1.73. The van der Waals surface area contributed by atoms with Crippen molar-refractivity contribution < 1.29 is 0 Å². The molecule has 0 amide bonds. The number of H-pyrrole nitrogens is 1. The van der Waals surface area contributed by atoms with Gasteiger partial charge in [0, 0.05) is 38.4 Å². The second-order valence-electron chi connectivity index (χ2n) is 10.3. The minimum Gasteiger partial charge on any atom is -0.357 e. The quantitative estimate of drug-likeness (QED) is 0.388. The lowest BCUT2D eigenvalue weighted by atomic mass is 9.55. The molecule has 0 saturated carbocycles.